The average Bonchev–Trinajstić information content (AvgIpc) is 2.27. The molecule has 0 heterocycles. The van der Waals surface area contributed by atoms with Gasteiger partial charge >= 0.3 is 5.97 Å². The Labute approximate surface area is 92.9 Å². The van der Waals surface area contributed by atoms with Gasteiger partial charge in [0.05, 0.1) is 14.2 Å². The van der Waals surface area contributed by atoms with E-state index in [0.717, 1.165) is 0 Å². The summed E-state index contributed by atoms with van der Waals surface area (Å²) in [6.45, 7) is 1.26. The van der Waals surface area contributed by atoms with Crippen molar-refractivity contribution in [3.05, 3.63) is 17.7 Å². The third-order valence-electron chi connectivity index (χ3n) is 1.86. The molecule has 0 saturated heterocycles. The molecule has 0 spiro atoms. The van der Waals surface area contributed by atoms with E-state index in [4.69, 9.17) is 14.2 Å². The minimum Gasteiger partial charge on any atom is -0.493 e. The van der Waals surface area contributed by atoms with E-state index in [0.29, 0.717) is 17.6 Å². The predicted molar refractivity (Wildman–Crippen MR) is 56.2 cm³/mol. The number of carbonyl (C=O) groups excluding carboxylic acids is 2. The Balaban J connectivity index is 3.30. The number of hydrogen-bond acceptors (Lipinski definition) is 5. The minimum atomic E-state index is -0.497. The molecule has 0 aliphatic carbocycles. The molecule has 0 aliphatic rings. The van der Waals surface area contributed by atoms with Crippen molar-refractivity contribution in [2.75, 3.05) is 14.2 Å². The summed E-state index contributed by atoms with van der Waals surface area (Å²) in [6.07, 6.45) is 0.634. The molecule has 16 heavy (non-hydrogen) atoms. The lowest BCUT2D eigenvalue weighted by atomic mass is 10.2. The highest BCUT2D eigenvalue weighted by molar-refractivity contribution is 5.80. The number of esters is 1. The summed E-state index contributed by atoms with van der Waals surface area (Å²) in [7, 11) is 2.86. The van der Waals surface area contributed by atoms with Gasteiger partial charge in [-0.15, -0.1) is 0 Å². The van der Waals surface area contributed by atoms with E-state index in [1.807, 2.05) is 0 Å². The molecule has 0 aromatic heterocycles. The fourth-order valence-electron chi connectivity index (χ4n) is 1.25. The topological polar surface area (TPSA) is 61.8 Å². The molecule has 5 nitrogen and oxygen atoms in total. The van der Waals surface area contributed by atoms with E-state index >= 15 is 0 Å². The van der Waals surface area contributed by atoms with Gasteiger partial charge in [-0.05, 0) is 12.1 Å². The van der Waals surface area contributed by atoms with Crippen molar-refractivity contribution in [2.45, 2.75) is 6.92 Å². The van der Waals surface area contributed by atoms with Crippen LogP contribution in [0.2, 0.25) is 0 Å². The number of aldehydes is 1. The highest BCUT2D eigenvalue weighted by atomic mass is 16.6. The zero-order valence-electron chi connectivity index (χ0n) is 9.27. The van der Waals surface area contributed by atoms with E-state index in [1.54, 1.807) is 0 Å². The maximum atomic E-state index is 10.9. The van der Waals surface area contributed by atoms with E-state index in [9.17, 15) is 9.59 Å². The summed E-state index contributed by atoms with van der Waals surface area (Å²) in [5.74, 6) is 0.284. The van der Waals surface area contributed by atoms with Crippen molar-refractivity contribution < 1.29 is 23.8 Å². The highest BCUT2D eigenvalue weighted by Crippen LogP contribution is 2.38. The Morgan fingerprint density at radius 3 is 2.25 bits per heavy atom. The Morgan fingerprint density at radius 1 is 1.19 bits per heavy atom. The monoisotopic (exact) mass is 224 g/mol. The molecule has 1 aromatic rings. The van der Waals surface area contributed by atoms with Crippen LogP contribution in [0.3, 0.4) is 0 Å². The van der Waals surface area contributed by atoms with Crippen LogP contribution < -0.4 is 14.2 Å². The minimum absolute atomic E-state index is 0.163. The van der Waals surface area contributed by atoms with E-state index in [-0.39, 0.29) is 11.5 Å². The van der Waals surface area contributed by atoms with Crippen LogP contribution in [0, 0.1) is 0 Å². The maximum Gasteiger partial charge on any atom is 0.308 e. The highest BCUT2D eigenvalue weighted by Gasteiger charge is 2.14. The molecule has 0 N–H and O–H groups in total. The smallest absolute Gasteiger partial charge is 0.308 e. The first-order chi connectivity index (χ1) is 7.62. The van der Waals surface area contributed by atoms with Gasteiger partial charge in [-0.2, -0.15) is 0 Å². The average molecular weight is 224 g/mol. The molecule has 0 bridgehead atoms. The van der Waals surface area contributed by atoms with Crippen LogP contribution in [0.1, 0.15) is 17.3 Å². The molecule has 0 fully saturated rings. The number of benzene rings is 1. The number of rotatable bonds is 4. The first-order valence-corrected chi connectivity index (χ1v) is 4.52. The second-order valence-electron chi connectivity index (χ2n) is 2.97. The quantitative estimate of drug-likeness (QED) is 0.440. The SMILES string of the molecule is COc1cc(C=O)cc(OC(C)=O)c1OC. The van der Waals surface area contributed by atoms with Crippen LogP contribution in [-0.2, 0) is 4.79 Å². The Bertz CT molecular complexity index is 411. The molecule has 1 rings (SSSR count). The molecule has 0 radical (unpaired) electrons. The second kappa shape index (κ2) is 5.16. The lowest BCUT2D eigenvalue weighted by molar-refractivity contribution is -0.132. The van der Waals surface area contributed by atoms with Crippen molar-refractivity contribution in [3.63, 3.8) is 0 Å². The lowest BCUT2D eigenvalue weighted by Gasteiger charge is -2.12. The van der Waals surface area contributed by atoms with Crippen LogP contribution in [0.15, 0.2) is 12.1 Å². The Kier molecular flexibility index (Phi) is 3.88. The molecular weight excluding hydrogens is 212 g/mol. The number of hydrogen-bond donors (Lipinski definition) is 0. The first-order valence-electron chi connectivity index (χ1n) is 4.52. The maximum absolute atomic E-state index is 10.9. The third kappa shape index (κ3) is 2.50. The molecule has 86 valence electrons. The molecule has 5 heteroatoms. The van der Waals surface area contributed by atoms with Crippen LogP contribution in [0.5, 0.6) is 17.2 Å². The zero-order valence-corrected chi connectivity index (χ0v) is 9.27. The van der Waals surface area contributed by atoms with Crippen LogP contribution in [-0.4, -0.2) is 26.5 Å². The van der Waals surface area contributed by atoms with E-state index in [2.05, 4.69) is 0 Å². The third-order valence-corrected chi connectivity index (χ3v) is 1.86. The van der Waals surface area contributed by atoms with E-state index < -0.39 is 5.97 Å². The van der Waals surface area contributed by atoms with Crippen molar-refractivity contribution in [1.29, 1.82) is 0 Å². The summed E-state index contributed by atoms with van der Waals surface area (Å²) in [6, 6.07) is 2.91. The summed E-state index contributed by atoms with van der Waals surface area (Å²) in [5, 5.41) is 0. The Morgan fingerprint density at radius 2 is 1.81 bits per heavy atom. The van der Waals surface area contributed by atoms with Crippen molar-refractivity contribution in [3.8, 4) is 17.2 Å². The number of ether oxygens (including phenoxy) is 3. The fourth-order valence-corrected chi connectivity index (χ4v) is 1.25. The van der Waals surface area contributed by atoms with Gasteiger partial charge in [0.15, 0.2) is 11.5 Å². The summed E-state index contributed by atoms with van der Waals surface area (Å²) < 4.78 is 15.0. The summed E-state index contributed by atoms with van der Waals surface area (Å²) >= 11 is 0. The van der Waals surface area contributed by atoms with Crippen molar-refractivity contribution in [2.24, 2.45) is 0 Å². The van der Waals surface area contributed by atoms with Gasteiger partial charge in [-0.25, -0.2) is 0 Å². The number of methoxy groups -OCH3 is 2. The van der Waals surface area contributed by atoms with Crippen LogP contribution in [0.25, 0.3) is 0 Å². The summed E-state index contributed by atoms with van der Waals surface area (Å²) in [5.41, 5.74) is 0.342. The van der Waals surface area contributed by atoms with Gasteiger partial charge < -0.3 is 14.2 Å². The Hall–Kier alpha value is -2.04. The second-order valence-corrected chi connectivity index (χ2v) is 2.97. The van der Waals surface area contributed by atoms with Gasteiger partial charge in [-0.1, -0.05) is 0 Å². The molecule has 0 atom stereocenters. The van der Waals surface area contributed by atoms with Crippen molar-refractivity contribution >= 4 is 12.3 Å². The van der Waals surface area contributed by atoms with Gasteiger partial charge in [0.2, 0.25) is 5.75 Å². The first kappa shape index (κ1) is 12.0. The normalized spacial score (nSPS) is 9.44. The zero-order chi connectivity index (χ0) is 12.1. The van der Waals surface area contributed by atoms with Crippen LogP contribution >= 0.6 is 0 Å². The predicted octanol–water partition coefficient (Wildman–Crippen LogP) is 1.44. The van der Waals surface area contributed by atoms with E-state index in [1.165, 1.54) is 33.3 Å². The molecule has 0 aliphatic heterocycles. The van der Waals surface area contributed by atoms with Gasteiger partial charge in [0, 0.05) is 12.5 Å². The fraction of sp³-hybridized carbons (Fsp3) is 0.273. The lowest BCUT2D eigenvalue weighted by Crippen LogP contribution is -2.04. The molecule has 0 amide bonds. The van der Waals surface area contributed by atoms with Gasteiger partial charge in [0.1, 0.15) is 6.29 Å². The van der Waals surface area contributed by atoms with Gasteiger partial charge in [-0.3, -0.25) is 9.59 Å². The molecule has 0 saturated carbocycles. The number of carbonyl (C=O) groups is 2. The largest absolute Gasteiger partial charge is 0.493 e. The molecule has 0 unspecified atom stereocenters. The molecule has 1 aromatic carbocycles. The van der Waals surface area contributed by atoms with Crippen molar-refractivity contribution in [1.82, 2.24) is 0 Å². The molecular formula is C11H12O5. The van der Waals surface area contributed by atoms with Gasteiger partial charge in [0.25, 0.3) is 0 Å². The van der Waals surface area contributed by atoms with Crippen LogP contribution in [0.4, 0.5) is 0 Å². The summed E-state index contributed by atoms with van der Waals surface area (Å²) in [4.78, 5) is 21.5. The standard InChI is InChI=1S/C11H12O5/c1-7(13)16-10-5-8(6-12)4-9(14-2)11(10)15-3/h4-6H,1-3H3.